The number of rotatable bonds is 32. The van der Waals surface area contributed by atoms with Crippen LogP contribution in [-0.2, 0) is 9.59 Å². The quantitative estimate of drug-likeness (QED) is 0.0602. The van der Waals surface area contributed by atoms with E-state index >= 15 is 0 Å². The van der Waals surface area contributed by atoms with E-state index in [0.717, 1.165) is 38.6 Å². The van der Waals surface area contributed by atoms with Crippen molar-refractivity contribution in [3.05, 3.63) is 12.2 Å². The van der Waals surface area contributed by atoms with E-state index in [4.69, 9.17) is 5.73 Å². The number of carbonyl (C=O) groups is 2. The van der Waals surface area contributed by atoms with E-state index in [-0.39, 0.29) is 11.8 Å². The van der Waals surface area contributed by atoms with Gasteiger partial charge in [0.05, 0.1) is 0 Å². The Balaban J connectivity index is 0. The number of allylic oxidation sites excluding steroid dienone is 2. The molecule has 4 heteroatoms. The molecule has 0 radical (unpaired) electrons. The predicted octanol–water partition coefficient (Wildman–Crippen LogP) is 11.9. The predicted molar refractivity (Wildman–Crippen MR) is 187 cm³/mol. The summed E-state index contributed by atoms with van der Waals surface area (Å²) in [6, 6.07) is 0. The van der Waals surface area contributed by atoms with Gasteiger partial charge in [0.1, 0.15) is 0 Å². The molecule has 250 valence electrons. The fourth-order valence-corrected chi connectivity index (χ4v) is 5.19. The molecular formula is C38H76N2O2. The fraction of sp³-hybridized carbons (Fsp3) is 0.895. The van der Waals surface area contributed by atoms with Crippen LogP contribution in [-0.4, -0.2) is 18.4 Å². The van der Waals surface area contributed by atoms with E-state index in [9.17, 15) is 9.59 Å². The molecule has 0 aromatic rings. The Labute approximate surface area is 264 Å². The van der Waals surface area contributed by atoms with Crippen molar-refractivity contribution in [3.63, 3.8) is 0 Å². The van der Waals surface area contributed by atoms with E-state index in [2.05, 4.69) is 38.2 Å². The SMILES string of the molecule is CCCCCCCC/C=C\CCCCCCCC(N)=O.CCCCCCCCCCCCCC(=O)NCCCCCC. The molecule has 3 N–H and O–H groups in total. The van der Waals surface area contributed by atoms with Gasteiger partial charge in [0.25, 0.3) is 0 Å². The van der Waals surface area contributed by atoms with Gasteiger partial charge in [-0.3, -0.25) is 9.59 Å². The lowest BCUT2D eigenvalue weighted by atomic mass is 10.1. The van der Waals surface area contributed by atoms with E-state index in [1.54, 1.807) is 0 Å². The summed E-state index contributed by atoms with van der Waals surface area (Å²) < 4.78 is 0. The molecule has 0 fully saturated rings. The van der Waals surface area contributed by atoms with Crippen LogP contribution in [0, 0.1) is 0 Å². The van der Waals surface area contributed by atoms with Crippen LogP contribution >= 0.6 is 0 Å². The van der Waals surface area contributed by atoms with Crippen molar-refractivity contribution in [3.8, 4) is 0 Å². The third kappa shape index (κ3) is 43.1. The molecule has 0 aliphatic rings. The molecule has 0 aliphatic heterocycles. The Morgan fingerprint density at radius 2 is 0.786 bits per heavy atom. The summed E-state index contributed by atoms with van der Waals surface area (Å²) >= 11 is 0. The first kappa shape index (κ1) is 42.8. The van der Waals surface area contributed by atoms with Crippen molar-refractivity contribution >= 4 is 11.8 Å². The number of hydrogen-bond donors (Lipinski definition) is 2. The second kappa shape index (κ2) is 39.7. The van der Waals surface area contributed by atoms with Gasteiger partial charge in [0.2, 0.25) is 11.8 Å². The highest BCUT2D eigenvalue weighted by Gasteiger charge is 2.00. The highest BCUT2D eigenvalue weighted by Crippen LogP contribution is 2.12. The molecule has 0 aromatic carbocycles. The van der Waals surface area contributed by atoms with Gasteiger partial charge in [-0.1, -0.05) is 168 Å². The zero-order valence-corrected chi connectivity index (χ0v) is 29.0. The van der Waals surface area contributed by atoms with Crippen LogP contribution in [0.1, 0.15) is 213 Å². The summed E-state index contributed by atoms with van der Waals surface area (Å²) in [7, 11) is 0. The molecule has 0 heterocycles. The first-order chi connectivity index (χ1) is 20.6. The molecular weight excluding hydrogens is 516 g/mol. The minimum atomic E-state index is -0.164. The van der Waals surface area contributed by atoms with Crippen molar-refractivity contribution in [1.82, 2.24) is 5.32 Å². The van der Waals surface area contributed by atoms with Gasteiger partial charge >= 0.3 is 0 Å². The second-order valence-electron chi connectivity index (χ2n) is 12.5. The molecule has 0 aliphatic carbocycles. The van der Waals surface area contributed by atoms with Crippen molar-refractivity contribution in [2.24, 2.45) is 5.73 Å². The lowest BCUT2D eigenvalue weighted by Crippen LogP contribution is -2.23. The molecule has 0 bridgehead atoms. The highest BCUT2D eigenvalue weighted by molar-refractivity contribution is 5.75. The van der Waals surface area contributed by atoms with Crippen LogP contribution in [0.3, 0.4) is 0 Å². The normalized spacial score (nSPS) is 11.0. The lowest BCUT2D eigenvalue weighted by Gasteiger charge is -2.05. The maximum Gasteiger partial charge on any atom is 0.219 e. The molecule has 42 heavy (non-hydrogen) atoms. The van der Waals surface area contributed by atoms with Gasteiger partial charge in [-0.05, 0) is 44.9 Å². The van der Waals surface area contributed by atoms with Crippen LogP contribution in [0.25, 0.3) is 0 Å². The van der Waals surface area contributed by atoms with Gasteiger partial charge in [-0.15, -0.1) is 0 Å². The maximum atomic E-state index is 11.6. The van der Waals surface area contributed by atoms with E-state index in [1.807, 2.05) is 0 Å². The molecule has 0 unspecified atom stereocenters. The minimum Gasteiger partial charge on any atom is -0.370 e. The Hall–Kier alpha value is -1.32. The summed E-state index contributed by atoms with van der Waals surface area (Å²) in [6.07, 6.45) is 42.3. The Kier molecular flexibility index (Phi) is 40.4. The average Bonchev–Trinajstić information content (AvgIpc) is 2.98. The number of unbranched alkanes of at least 4 members (excludes halogenated alkanes) is 24. The Morgan fingerprint density at radius 3 is 1.19 bits per heavy atom. The smallest absolute Gasteiger partial charge is 0.219 e. The van der Waals surface area contributed by atoms with Crippen LogP contribution in [0.4, 0.5) is 0 Å². The lowest BCUT2D eigenvalue weighted by molar-refractivity contribution is -0.121. The van der Waals surface area contributed by atoms with Crippen molar-refractivity contribution in [1.29, 1.82) is 0 Å². The van der Waals surface area contributed by atoms with E-state index in [0.29, 0.717) is 6.42 Å². The number of nitrogens with two attached hydrogens (primary N) is 1. The van der Waals surface area contributed by atoms with Gasteiger partial charge < -0.3 is 11.1 Å². The third-order valence-corrected chi connectivity index (χ3v) is 8.04. The molecule has 4 nitrogen and oxygen atoms in total. The summed E-state index contributed by atoms with van der Waals surface area (Å²) in [6.45, 7) is 7.62. The van der Waals surface area contributed by atoms with E-state index in [1.165, 1.54) is 154 Å². The summed E-state index contributed by atoms with van der Waals surface area (Å²) in [4.78, 5) is 22.2. The third-order valence-electron chi connectivity index (χ3n) is 8.04. The Bertz CT molecular complexity index is 561. The monoisotopic (exact) mass is 593 g/mol. The van der Waals surface area contributed by atoms with Crippen molar-refractivity contribution in [2.75, 3.05) is 6.54 Å². The van der Waals surface area contributed by atoms with E-state index < -0.39 is 0 Å². The first-order valence-electron chi connectivity index (χ1n) is 18.8. The van der Waals surface area contributed by atoms with Gasteiger partial charge in [-0.25, -0.2) is 0 Å². The first-order valence-corrected chi connectivity index (χ1v) is 18.8. The minimum absolute atomic E-state index is 0.164. The summed E-state index contributed by atoms with van der Waals surface area (Å²) in [5.41, 5.74) is 5.10. The number of amides is 2. The molecule has 0 saturated heterocycles. The zero-order valence-electron chi connectivity index (χ0n) is 29.0. The molecule has 0 rings (SSSR count). The largest absolute Gasteiger partial charge is 0.370 e. The maximum absolute atomic E-state index is 11.6. The number of hydrogen-bond acceptors (Lipinski definition) is 2. The van der Waals surface area contributed by atoms with Gasteiger partial charge in [-0.2, -0.15) is 0 Å². The fourth-order valence-electron chi connectivity index (χ4n) is 5.19. The van der Waals surface area contributed by atoms with Crippen molar-refractivity contribution < 1.29 is 9.59 Å². The molecule has 0 saturated carbocycles. The second-order valence-corrected chi connectivity index (χ2v) is 12.5. The molecule has 0 aromatic heterocycles. The van der Waals surface area contributed by atoms with Gasteiger partial charge in [0.15, 0.2) is 0 Å². The molecule has 0 atom stereocenters. The summed E-state index contributed by atoms with van der Waals surface area (Å²) in [5.74, 6) is 0.0926. The molecule has 2 amide bonds. The standard InChI is InChI=1S/C20H41NO.C18H35NO/c1-3-5-7-9-10-11-12-13-14-15-16-18-20(22)21-19-17-8-6-4-2;1-2-3-4-5-6-7-8-9-10-11-12-13-14-15-16-17-18(19)20/h3-19H2,1-2H3,(H,21,22);9-10H,2-8,11-17H2,1H3,(H2,19,20)/b;10-9-. The topological polar surface area (TPSA) is 72.2 Å². The van der Waals surface area contributed by atoms with Crippen molar-refractivity contribution in [2.45, 2.75) is 213 Å². The number of carbonyl (C=O) groups excluding carboxylic acids is 2. The zero-order chi connectivity index (χ0) is 31.2. The van der Waals surface area contributed by atoms with Crippen LogP contribution in [0.2, 0.25) is 0 Å². The Morgan fingerprint density at radius 1 is 0.452 bits per heavy atom. The van der Waals surface area contributed by atoms with Gasteiger partial charge in [0, 0.05) is 19.4 Å². The average molecular weight is 593 g/mol. The van der Waals surface area contributed by atoms with Crippen LogP contribution < -0.4 is 11.1 Å². The van der Waals surface area contributed by atoms with Crippen LogP contribution in [0.15, 0.2) is 12.2 Å². The number of primary amides is 1. The molecule has 0 spiro atoms. The summed E-state index contributed by atoms with van der Waals surface area (Å²) in [5, 5.41) is 3.04. The van der Waals surface area contributed by atoms with Crippen LogP contribution in [0.5, 0.6) is 0 Å². The highest BCUT2D eigenvalue weighted by atomic mass is 16.1. The number of nitrogens with one attached hydrogen (secondary N) is 1.